The van der Waals surface area contributed by atoms with Crippen molar-refractivity contribution in [1.82, 2.24) is 9.97 Å². The van der Waals surface area contributed by atoms with Crippen molar-refractivity contribution in [2.24, 2.45) is 0 Å². The highest BCUT2D eigenvalue weighted by Crippen LogP contribution is 2.19. The van der Waals surface area contributed by atoms with Crippen molar-refractivity contribution >= 4 is 11.6 Å². The van der Waals surface area contributed by atoms with Crippen LogP contribution in [0.5, 0.6) is 0 Å². The molecule has 0 unspecified atom stereocenters. The highest BCUT2D eigenvalue weighted by Gasteiger charge is 2.12. The van der Waals surface area contributed by atoms with Gasteiger partial charge in [0.05, 0.1) is 12.7 Å². The van der Waals surface area contributed by atoms with E-state index >= 15 is 0 Å². The molecule has 0 bridgehead atoms. The van der Waals surface area contributed by atoms with Gasteiger partial charge in [0.25, 0.3) is 0 Å². The predicted octanol–water partition coefficient (Wildman–Crippen LogP) is 1.82. The third-order valence-corrected chi connectivity index (χ3v) is 3.00. The molecule has 1 saturated carbocycles. The Bertz CT molecular complexity index is 339. The van der Waals surface area contributed by atoms with Crippen LogP contribution in [-0.2, 0) is 4.74 Å². The smallest absolute Gasteiger partial charge is 0.131 e. The SMILES string of the molecule is Nc1cc(NCCOC2CCCCC2)ncn1. The molecule has 0 aromatic carbocycles. The fourth-order valence-corrected chi connectivity index (χ4v) is 2.11. The van der Waals surface area contributed by atoms with E-state index in [1.54, 1.807) is 6.07 Å². The van der Waals surface area contributed by atoms with E-state index in [9.17, 15) is 0 Å². The van der Waals surface area contributed by atoms with Gasteiger partial charge in [0.1, 0.15) is 18.0 Å². The Morgan fingerprint density at radius 3 is 2.88 bits per heavy atom. The number of anilines is 2. The van der Waals surface area contributed by atoms with Gasteiger partial charge in [-0.25, -0.2) is 9.97 Å². The normalized spacial score (nSPS) is 16.9. The van der Waals surface area contributed by atoms with Crippen LogP contribution in [0.3, 0.4) is 0 Å². The topological polar surface area (TPSA) is 73.1 Å². The van der Waals surface area contributed by atoms with Crippen LogP contribution in [-0.4, -0.2) is 29.2 Å². The molecule has 17 heavy (non-hydrogen) atoms. The van der Waals surface area contributed by atoms with Gasteiger partial charge in [0, 0.05) is 12.6 Å². The van der Waals surface area contributed by atoms with Crippen LogP contribution in [0, 0.1) is 0 Å². The zero-order valence-corrected chi connectivity index (χ0v) is 10.1. The Hall–Kier alpha value is -1.36. The Labute approximate surface area is 102 Å². The lowest BCUT2D eigenvalue weighted by molar-refractivity contribution is 0.0347. The molecule has 0 amide bonds. The number of aromatic nitrogens is 2. The number of hydrogen-bond acceptors (Lipinski definition) is 5. The van der Waals surface area contributed by atoms with Crippen molar-refractivity contribution in [2.75, 3.05) is 24.2 Å². The molecule has 1 aromatic rings. The Kier molecular flexibility index (Phi) is 4.55. The van der Waals surface area contributed by atoms with Gasteiger partial charge < -0.3 is 15.8 Å². The molecule has 5 nitrogen and oxygen atoms in total. The number of rotatable bonds is 5. The van der Waals surface area contributed by atoms with Gasteiger partial charge >= 0.3 is 0 Å². The third-order valence-electron chi connectivity index (χ3n) is 3.00. The van der Waals surface area contributed by atoms with Crippen molar-refractivity contribution in [2.45, 2.75) is 38.2 Å². The molecule has 0 aliphatic heterocycles. The molecule has 1 fully saturated rings. The lowest BCUT2D eigenvalue weighted by Crippen LogP contribution is -2.20. The Balaban J connectivity index is 1.62. The van der Waals surface area contributed by atoms with Crippen LogP contribution in [0.15, 0.2) is 12.4 Å². The van der Waals surface area contributed by atoms with Gasteiger partial charge in [-0.2, -0.15) is 0 Å². The highest BCUT2D eigenvalue weighted by molar-refractivity contribution is 5.43. The van der Waals surface area contributed by atoms with E-state index in [4.69, 9.17) is 10.5 Å². The summed E-state index contributed by atoms with van der Waals surface area (Å²) in [7, 11) is 0. The summed E-state index contributed by atoms with van der Waals surface area (Å²) in [6, 6.07) is 1.72. The molecule has 0 spiro atoms. The molecule has 2 rings (SSSR count). The van der Waals surface area contributed by atoms with E-state index in [0.717, 1.165) is 12.4 Å². The molecular formula is C12H20N4O. The zero-order chi connectivity index (χ0) is 11.9. The quantitative estimate of drug-likeness (QED) is 0.763. The van der Waals surface area contributed by atoms with Crippen molar-refractivity contribution in [3.8, 4) is 0 Å². The molecule has 1 aliphatic carbocycles. The molecule has 1 aromatic heterocycles. The second kappa shape index (κ2) is 6.39. The van der Waals surface area contributed by atoms with Crippen LogP contribution < -0.4 is 11.1 Å². The number of nitrogens with two attached hydrogens (primary N) is 1. The van der Waals surface area contributed by atoms with E-state index in [1.807, 2.05) is 0 Å². The van der Waals surface area contributed by atoms with E-state index in [1.165, 1.54) is 38.4 Å². The van der Waals surface area contributed by atoms with Crippen molar-refractivity contribution in [1.29, 1.82) is 0 Å². The van der Waals surface area contributed by atoms with Crippen molar-refractivity contribution in [3.05, 3.63) is 12.4 Å². The van der Waals surface area contributed by atoms with E-state index in [-0.39, 0.29) is 0 Å². The van der Waals surface area contributed by atoms with E-state index < -0.39 is 0 Å². The molecular weight excluding hydrogens is 216 g/mol. The molecule has 0 radical (unpaired) electrons. The predicted molar refractivity (Wildman–Crippen MR) is 67.8 cm³/mol. The van der Waals surface area contributed by atoms with Crippen LogP contribution in [0.1, 0.15) is 32.1 Å². The number of nitrogens with one attached hydrogen (secondary N) is 1. The van der Waals surface area contributed by atoms with Gasteiger partial charge in [-0.15, -0.1) is 0 Å². The number of hydrogen-bond donors (Lipinski definition) is 2. The molecule has 5 heteroatoms. The largest absolute Gasteiger partial charge is 0.384 e. The van der Waals surface area contributed by atoms with Gasteiger partial charge in [0.15, 0.2) is 0 Å². The van der Waals surface area contributed by atoms with Gasteiger partial charge in [-0.1, -0.05) is 19.3 Å². The summed E-state index contributed by atoms with van der Waals surface area (Å²) < 4.78 is 5.80. The summed E-state index contributed by atoms with van der Waals surface area (Å²) >= 11 is 0. The second-order valence-corrected chi connectivity index (χ2v) is 4.39. The maximum absolute atomic E-state index is 5.80. The Morgan fingerprint density at radius 1 is 1.29 bits per heavy atom. The summed E-state index contributed by atoms with van der Waals surface area (Å²) in [6.45, 7) is 1.47. The molecule has 1 heterocycles. The first-order chi connectivity index (χ1) is 8.34. The van der Waals surface area contributed by atoms with Crippen LogP contribution in [0.2, 0.25) is 0 Å². The second-order valence-electron chi connectivity index (χ2n) is 4.39. The minimum Gasteiger partial charge on any atom is -0.384 e. The van der Waals surface area contributed by atoms with Crippen molar-refractivity contribution < 1.29 is 4.74 Å². The van der Waals surface area contributed by atoms with E-state index in [0.29, 0.717) is 18.5 Å². The molecule has 94 valence electrons. The van der Waals surface area contributed by atoms with Crippen molar-refractivity contribution in [3.63, 3.8) is 0 Å². The summed E-state index contributed by atoms with van der Waals surface area (Å²) in [4.78, 5) is 7.90. The first-order valence-corrected chi connectivity index (χ1v) is 6.27. The minimum atomic E-state index is 0.459. The number of ether oxygens (including phenoxy) is 1. The number of nitrogen functional groups attached to an aromatic ring is 1. The maximum atomic E-state index is 5.80. The molecule has 1 aliphatic rings. The first-order valence-electron chi connectivity index (χ1n) is 6.27. The van der Waals surface area contributed by atoms with Crippen LogP contribution in [0.25, 0.3) is 0 Å². The maximum Gasteiger partial charge on any atom is 0.131 e. The number of nitrogens with zero attached hydrogens (tertiary/aromatic N) is 2. The van der Waals surface area contributed by atoms with Gasteiger partial charge in [-0.3, -0.25) is 0 Å². The zero-order valence-electron chi connectivity index (χ0n) is 10.1. The average molecular weight is 236 g/mol. The Morgan fingerprint density at radius 2 is 2.12 bits per heavy atom. The monoisotopic (exact) mass is 236 g/mol. The molecule has 3 N–H and O–H groups in total. The minimum absolute atomic E-state index is 0.459. The third kappa shape index (κ3) is 4.19. The lowest BCUT2D eigenvalue weighted by atomic mass is 9.98. The fraction of sp³-hybridized carbons (Fsp3) is 0.667. The molecule has 0 atom stereocenters. The van der Waals surface area contributed by atoms with Gasteiger partial charge in [-0.05, 0) is 12.8 Å². The summed E-state index contributed by atoms with van der Waals surface area (Å²) in [5.74, 6) is 1.24. The summed E-state index contributed by atoms with van der Waals surface area (Å²) in [6.07, 6.45) is 8.31. The summed E-state index contributed by atoms with van der Waals surface area (Å²) in [5, 5.41) is 3.17. The standard InChI is InChI=1S/C12H20N4O/c13-11-8-12(16-9-15-11)14-6-7-17-10-4-2-1-3-5-10/h8-10H,1-7H2,(H3,13,14,15,16). The van der Waals surface area contributed by atoms with E-state index in [2.05, 4.69) is 15.3 Å². The lowest BCUT2D eigenvalue weighted by Gasteiger charge is -2.22. The van der Waals surface area contributed by atoms with Gasteiger partial charge in [0.2, 0.25) is 0 Å². The summed E-state index contributed by atoms with van der Waals surface area (Å²) in [5.41, 5.74) is 5.56. The first kappa shape index (κ1) is 12.1. The van der Waals surface area contributed by atoms with Crippen LogP contribution in [0.4, 0.5) is 11.6 Å². The molecule has 0 saturated heterocycles. The fourth-order valence-electron chi connectivity index (χ4n) is 2.11. The average Bonchev–Trinajstić information content (AvgIpc) is 2.36. The van der Waals surface area contributed by atoms with Crippen LogP contribution >= 0.6 is 0 Å². The highest BCUT2D eigenvalue weighted by atomic mass is 16.5.